The number of ether oxygens (including phenoxy) is 2. The Bertz CT molecular complexity index is 932. The number of rotatable bonds is 5. The van der Waals surface area contributed by atoms with E-state index in [2.05, 4.69) is 5.32 Å². The number of carbonyl (C=O) groups is 3. The van der Waals surface area contributed by atoms with E-state index in [1.807, 2.05) is 0 Å². The average Bonchev–Trinajstić information content (AvgIpc) is 3.32. The predicted molar refractivity (Wildman–Crippen MR) is 109 cm³/mol. The van der Waals surface area contributed by atoms with Crippen molar-refractivity contribution in [3.63, 3.8) is 0 Å². The van der Waals surface area contributed by atoms with Gasteiger partial charge >= 0.3 is 6.09 Å². The molecule has 4 rings (SSSR count). The number of hydrogen-bond acceptors (Lipinski definition) is 6. The van der Waals surface area contributed by atoms with Crippen molar-refractivity contribution in [1.82, 2.24) is 5.32 Å². The van der Waals surface area contributed by atoms with E-state index in [4.69, 9.17) is 21.1 Å². The molecule has 0 unspecified atom stereocenters. The Balaban J connectivity index is 1.35. The Labute approximate surface area is 175 Å². The highest BCUT2D eigenvalue weighted by Gasteiger charge is 2.33. The Morgan fingerprint density at radius 2 is 1.86 bits per heavy atom. The molecule has 1 N–H and O–H groups in total. The first-order valence-corrected chi connectivity index (χ1v) is 10.2. The van der Waals surface area contributed by atoms with Crippen LogP contribution in [0.4, 0.5) is 16.2 Å². The molecule has 0 spiro atoms. The number of hydrogen-bond donors (Lipinski definition) is 1. The van der Waals surface area contributed by atoms with E-state index in [0.717, 1.165) is 5.69 Å². The number of anilines is 2. The summed E-state index contributed by atoms with van der Waals surface area (Å²) in [5.41, 5.74) is 1.42. The van der Waals surface area contributed by atoms with E-state index in [-0.39, 0.29) is 25.0 Å². The maximum Gasteiger partial charge on any atom is 0.414 e. The first-order valence-electron chi connectivity index (χ1n) is 9.01. The first kappa shape index (κ1) is 19.7. The zero-order chi connectivity index (χ0) is 20.4. The van der Waals surface area contributed by atoms with Crippen molar-refractivity contribution in [3.05, 3.63) is 45.6 Å². The quantitative estimate of drug-likeness (QED) is 0.770. The Kier molecular flexibility index (Phi) is 5.70. The van der Waals surface area contributed by atoms with Gasteiger partial charge in [-0.3, -0.25) is 14.5 Å². The highest BCUT2D eigenvalue weighted by Crippen LogP contribution is 2.26. The molecule has 3 amide bonds. The lowest BCUT2D eigenvalue weighted by atomic mass is 10.3. The second kappa shape index (κ2) is 8.40. The molecule has 1 atom stereocenters. The Morgan fingerprint density at radius 1 is 1.14 bits per heavy atom. The summed E-state index contributed by atoms with van der Waals surface area (Å²) in [5, 5.41) is 2.76. The van der Waals surface area contributed by atoms with Gasteiger partial charge in [0.05, 0.1) is 28.9 Å². The van der Waals surface area contributed by atoms with Crippen LogP contribution in [0, 0.1) is 0 Å². The van der Waals surface area contributed by atoms with Crippen LogP contribution in [0.25, 0.3) is 0 Å². The monoisotopic (exact) mass is 441 g/mol. The molecule has 29 heavy (non-hydrogen) atoms. The van der Waals surface area contributed by atoms with Gasteiger partial charge in [-0.05, 0) is 36.4 Å². The molecule has 1 aromatic heterocycles. The Hall–Kier alpha value is -2.62. The fourth-order valence-electron chi connectivity index (χ4n) is 3.17. The van der Waals surface area contributed by atoms with Gasteiger partial charge in [0.15, 0.2) is 0 Å². The third-order valence-electron chi connectivity index (χ3n) is 4.62. The van der Waals surface area contributed by atoms with Crippen molar-refractivity contribution in [2.24, 2.45) is 0 Å². The van der Waals surface area contributed by atoms with E-state index < -0.39 is 12.2 Å². The Morgan fingerprint density at radius 3 is 2.52 bits per heavy atom. The molecule has 10 heteroatoms. The van der Waals surface area contributed by atoms with Crippen LogP contribution in [0.15, 0.2) is 36.4 Å². The van der Waals surface area contributed by atoms with Crippen LogP contribution in [0.3, 0.4) is 0 Å². The molecule has 1 aromatic carbocycles. The number of morpholine rings is 1. The van der Waals surface area contributed by atoms with E-state index >= 15 is 0 Å². The second-order valence-corrected chi connectivity index (χ2v) is 8.26. The molecule has 0 radical (unpaired) electrons. The lowest BCUT2D eigenvalue weighted by Crippen LogP contribution is -2.41. The molecule has 2 aliphatic rings. The number of cyclic esters (lactones) is 1. The van der Waals surface area contributed by atoms with Crippen LogP contribution in [0.2, 0.25) is 4.34 Å². The number of benzene rings is 1. The van der Waals surface area contributed by atoms with Crippen LogP contribution >= 0.6 is 22.9 Å². The first-order chi connectivity index (χ1) is 14.0. The molecule has 0 saturated carbocycles. The zero-order valence-corrected chi connectivity index (χ0v) is 16.9. The number of carbonyl (C=O) groups excluding carboxylic acids is 3. The predicted octanol–water partition coefficient (Wildman–Crippen LogP) is 2.52. The van der Waals surface area contributed by atoms with Crippen LogP contribution < -0.4 is 15.1 Å². The maximum absolute atomic E-state index is 12.2. The fraction of sp³-hybridized carbons (Fsp3) is 0.316. The summed E-state index contributed by atoms with van der Waals surface area (Å²) in [6, 6.07) is 10.4. The molecule has 2 fully saturated rings. The summed E-state index contributed by atoms with van der Waals surface area (Å²) >= 11 is 7.03. The minimum Gasteiger partial charge on any atom is -0.442 e. The summed E-state index contributed by atoms with van der Waals surface area (Å²) in [7, 11) is 0. The SMILES string of the molecule is O=C(NC[C@H]1CN([13c]2[13cH][13cH][13c](N3CCOCC3=O)[13cH][13cH]2)C(=O)O1)c1ccc(Cl)s1. The van der Waals surface area contributed by atoms with Crippen molar-refractivity contribution in [1.29, 1.82) is 0 Å². The summed E-state index contributed by atoms with van der Waals surface area (Å²) in [4.78, 5) is 39.9. The number of nitrogens with zero attached hydrogens (tertiary/aromatic N) is 2. The minimum atomic E-state index is -0.474. The van der Waals surface area contributed by atoms with Crippen molar-refractivity contribution >= 4 is 52.2 Å². The maximum atomic E-state index is 12.2. The number of amides is 3. The summed E-state index contributed by atoms with van der Waals surface area (Å²) < 4.78 is 11.0. The van der Waals surface area contributed by atoms with Crippen LogP contribution in [-0.4, -0.2) is 56.9 Å². The fourth-order valence-corrected chi connectivity index (χ4v) is 4.13. The van der Waals surface area contributed by atoms with E-state index in [1.165, 1.54) is 16.2 Å². The second-order valence-electron chi connectivity index (χ2n) is 6.54. The molecule has 3 heterocycles. The molecule has 0 aliphatic carbocycles. The molecule has 8 nitrogen and oxygen atoms in total. The molecule has 2 aromatic rings. The van der Waals surface area contributed by atoms with Gasteiger partial charge in [-0.25, -0.2) is 4.79 Å². The van der Waals surface area contributed by atoms with Gasteiger partial charge in [0.25, 0.3) is 11.8 Å². The van der Waals surface area contributed by atoms with Crippen molar-refractivity contribution in [2.45, 2.75) is 6.10 Å². The summed E-state index contributed by atoms with van der Waals surface area (Å²) in [6.07, 6.45) is -0.930. The molecule has 152 valence electrons. The van der Waals surface area contributed by atoms with Gasteiger partial charge < -0.3 is 19.7 Å². The lowest BCUT2D eigenvalue weighted by Gasteiger charge is -2.27. The van der Waals surface area contributed by atoms with Gasteiger partial charge in [-0.15, -0.1) is 11.3 Å². The van der Waals surface area contributed by atoms with Crippen LogP contribution in [0.5, 0.6) is 0 Å². The van der Waals surface area contributed by atoms with Crippen molar-refractivity contribution in [3.8, 4) is 0 Å². The number of nitrogens with one attached hydrogen (secondary N) is 1. The van der Waals surface area contributed by atoms with Gasteiger partial charge in [-0.2, -0.15) is 0 Å². The number of thiophene rings is 1. The minimum absolute atomic E-state index is 0.0747. The highest BCUT2D eigenvalue weighted by atomic mass is 35.5. The topological polar surface area (TPSA) is 88.2 Å². The van der Waals surface area contributed by atoms with Crippen LogP contribution in [0.1, 0.15) is 9.67 Å². The molecule has 0 bridgehead atoms. The highest BCUT2D eigenvalue weighted by molar-refractivity contribution is 7.18. The smallest absolute Gasteiger partial charge is 0.414 e. The van der Waals surface area contributed by atoms with Crippen LogP contribution in [-0.2, 0) is 14.3 Å². The summed E-state index contributed by atoms with van der Waals surface area (Å²) in [6.45, 7) is 1.60. The normalized spacial score (nSPS) is 19.4. The zero-order valence-electron chi connectivity index (χ0n) is 15.3. The van der Waals surface area contributed by atoms with Gasteiger partial charge in [0.1, 0.15) is 12.7 Å². The van der Waals surface area contributed by atoms with E-state index in [9.17, 15) is 14.4 Å². The third-order valence-corrected chi connectivity index (χ3v) is 5.85. The standard InChI is InChI=1S/C19H18ClN3O5S/c20-16-6-5-15(29-16)18(25)21-9-14-10-23(19(26)28-14)13-3-1-12(2-4-13)22-7-8-27-11-17(22)24/h1-6,14H,7-11H2,(H,21,25)/t14-/m0/s1/i1+1,2+1,3+1,4+1,12+1,13+1. The van der Waals surface area contributed by atoms with Crippen molar-refractivity contribution in [2.75, 3.05) is 42.6 Å². The summed E-state index contributed by atoms with van der Waals surface area (Å²) in [5.74, 6) is -0.344. The van der Waals surface area contributed by atoms with Gasteiger partial charge in [0.2, 0.25) is 0 Å². The van der Waals surface area contributed by atoms with E-state index in [0.29, 0.717) is 34.6 Å². The van der Waals surface area contributed by atoms with Crippen molar-refractivity contribution < 1.29 is 23.9 Å². The molecular formula is C19H18ClN3O5S. The molecule has 2 saturated heterocycles. The average molecular weight is 442 g/mol. The number of halogens is 1. The molecule has 2 aliphatic heterocycles. The van der Waals surface area contributed by atoms with Gasteiger partial charge in [0, 0.05) is 17.9 Å². The van der Waals surface area contributed by atoms with Gasteiger partial charge in [-0.1, -0.05) is 11.6 Å². The third kappa shape index (κ3) is 4.36. The largest absolute Gasteiger partial charge is 0.442 e. The lowest BCUT2D eigenvalue weighted by molar-refractivity contribution is -0.125. The molecular weight excluding hydrogens is 424 g/mol. The van der Waals surface area contributed by atoms with E-state index in [1.54, 1.807) is 41.3 Å².